The zero-order valence-electron chi connectivity index (χ0n) is 11.5. The molecule has 0 aromatic heterocycles. The van der Waals surface area contributed by atoms with E-state index in [-0.39, 0.29) is 12.3 Å². The summed E-state index contributed by atoms with van der Waals surface area (Å²) in [5, 5.41) is 12.0. The molecule has 1 atom stereocenters. The van der Waals surface area contributed by atoms with E-state index in [9.17, 15) is 9.59 Å². The van der Waals surface area contributed by atoms with Gasteiger partial charge >= 0.3 is 5.97 Å². The second-order valence-corrected chi connectivity index (χ2v) is 4.95. The number of rotatable bonds is 7. The van der Waals surface area contributed by atoms with E-state index < -0.39 is 11.9 Å². The van der Waals surface area contributed by atoms with Crippen molar-refractivity contribution in [3.8, 4) is 5.75 Å². The normalized spacial score (nSPS) is 11.8. The predicted octanol–water partition coefficient (Wildman–Crippen LogP) is 2.12. The smallest absolute Gasteiger partial charge is 0.306 e. The summed E-state index contributed by atoms with van der Waals surface area (Å²) in [7, 11) is 1.53. The Kier molecular flexibility index (Phi) is 6.31. The fraction of sp³-hybridized carbons (Fsp3) is 0.429. The molecule has 0 saturated heterocycles. The Hall–Kier alpha value is -1.75. The fourth-order valence-electron chi connectivity index (χ4n) is 1.67. The monoisotopic (exact) mass is 299 g/mol. The molecule has 0 bridgehead atoms. The molecule has 0 spiro atoms. The summed E-state index contributed by atoms with van der Waals surface area (Å²) in [6.07, 6.45) is 0.541. The van der Waals surface area contributed by atoms with Crippen molar-refractivity contribution in [2.45, 2.75) is 19.8 Å². The number of amides is 1. The molecule has 2 N–H and O–H groups in total. The van der Waals surface area contributed by atoms with Crippen LogP contribution in [-0.2, 0) is 16.0 Å². The Morgan fingerprint density at radius 3 is 2.75 bits per heavy atom. The van der Waals surface area contributed by atoms with Gasteiger partial charge in [-0.05, 0) is 24.6 Å². The first-order valence-corrected chi connectivity index (χ1v) is 6.63. The minimum Gasteiger partial charge on any atom is -0.496 e. The Bertz CT molecular complexity index is 490. The maximum absolute atomic E-state index is 11.8. The molecular formula is C14H18ClNO4. The minimum atomic E-state index is -0.865. The van der Waals surface area contributed by atoms with Crippen LogP contribution in [0.25, 0.3) is 0 Å². The molecule has 5 nitrogen and oxygen atoms in total. The van der Waals surface area contributed by atoms with Crippen LogP contribution in [0, 0.1) is 5.92 Å². The summed E-state index contributed by atoms with van der Waals surface area (Å²) in [6.45, 7) is 1.93. The third-order valence-corrected chi connectivity index (χ3v) is 3.15. The van der Waals surface area contributed by atoms with E-state index in [2.05, 4.69) is 5.32 Å². The Morgan fingerprint density at radius 2 is 2.15 bits per heavy atom. The zero-order chi connectivity index (χ0) is 15.1. The molecule has 1 aromatic carbocycles. The molecule has 0 aliphatic heterocycles. The number of aliphatic carboxylic acids is 1. The summed E-state index contributed by atoms with van der Waals surface area (Å²) in [5.41, 5.74) is 0.698. The Balaban J connectivity index is 2.50. The molecule has 1 amide bonds. The number of ether oxygens (including phenoxy) is 1. The van der Waals surface area contributed by atoms with Crippen molar-refractivity contribution in [3.63, 3.8) is 0 Å². The average Bonchev–Trinajstić information content (AvgIpc) is 2.38. The highest BCUT2D eigenvalue weighted by Gasteiger charge is 2.12. The van der Waals surface area contributed by atoms with Gasteiger partial charge in [0, 0.05) is 17.1 Å². The van der Waals surface area contributed by atoms with Crippen LogP contribution in [0.1, 0.15) is 18.9 Å². The summed E-state index contributed by atoms with van der Waals surface area (Å²) < 4.78 is 5.16. The number of halogens is 1. The number of nitrogens with one attached hydrogen (secondary N) is 1. The van der Waals surface area contributed by atoms with E-state index in [1.54, 1.807) is 25.1 Å². The number of carbonyl (C=O) groups is 2. The van der Waals surface area contributed by atoms with Gasteiger partial charge in [-0.3, -0.25) is 9.59 Å². The van der Waals surface area contributed by atoms with Crippen LogP contribution in [0.3, 0.4) is 0 Å². The third kappa shape index (κ3) is 5.09. The van der Waals surface area contributed by atoms with E-state index in [1.807, 2.05) is 0 Å². The highest BCUT2D eigenvalue weighted by molar-refractivity contribution is 6.30. The van der Waals surface area contributed by atoms with Crippen molar-refractivity contribution in [3.05, 3.63) is 28.8 Å². The molecule has 0 saturated carbocycles. The molecule has 0 fully saturated rings. The van der Waals surface area contributed by atoms with Crippen LogP contribution in [0.4, 0.5) is 0 Å². The largest absolute Gasteiger partial charge is 0.496 e. The topological polar surface area (TPSA) is 75.6 Å². The summed E-state index contributed by atoms with van der Waals surface area (Å²) in [4.78, 5) is 22.4. The first-order valence-electron chi connectivity index (χ1n) is 6.26. The van der Waals surface area contributed by atoms with Gasteiger partial charge in [-0.25, -0.2) is 0 Å². The quantitative estimate of drug-likeness (QED) is 0.808. The molecule has 6 heteroatoms. The van der Waals surface area contributed by atoms with Crippen LogP contribution < -0.4 is 10.1 Å². The van der Waals surface area contributed by atoms with Gasteiger partial charge < -0.3 is 15.2 Å². The standard InChI is InChI=1S/C14H18ClNO4/c1-9(14(18)19)5-6-16-13(17)8-10-7-11(15)3-4-12(10)20-2/h3-4,7,9H,5-6,8H2,1-2H3,(H,16,17)(H,18,19). The highest BCUT2D eigenvalue weighted by Crippen LogP contribution is 2.22. The molecule has 0 heterocycles. The average molecular weight is 300 g/mol. The zero-order valence-corrected chi connectivity index (χ0v) is 12.2. The number of carboxylic acid groups (broad SMARTS) is 1. The van der Waals surface area contributed by atoms with E-state index in [4.69, 9.17) is 21.4 Å². The number of carboxylic acids is 1. The lowest BCUT2D eigenvalue weighted by Crippen LogP contribution is -2.28. The van der Waals surface area contributed by atoms with E-state index >= 15 is 0 Å². The molecule has 110 valence electrons. The molecule has 0 radical (unpaired) electrons. The number of methoxy groups -OCH3 is 1. The molecule has 0 aliphatic carbocycles. The summed E-state index contributed by atoms with van der Waals surface area (Å²) in [6, 6.07) is 5.08. The van der Waals surface area contributed by atoms with Crippen LogP contribution >= 0.6 is 11.6 Å². The van der Waals surface area contributed by atoms with Crippen LogP contribution in [0.15, 0.2) is 18.2 Å². The molecular weight excluding hydrogens is 282 g/mol. The van der Waals surface area contributed by atoms with Gasteiger partial charge in [0.1, 0.15) is 5.75 Å². The van der Waals surface area contributed by atoms with Gasteiger partial charge in [-0.1, -0.05) is 18.5 Å². The van der Waals surface area contributed by atoms with Crippen molar-refractivity contribution in [2.24, 2.45) is 5.92 Å². The minimum absolute atomic E-state index is 0.144. The summed E-state index contributed by atoms with van der Waals surface area (Å²) in [5.74, 6) is -0.932. The van der Waals surface area contributed by atoms with Gasteiger partial charge in [-0.2, -0.15) is 0 Å². The van der Waals surface area contributed by atoms with E-state index in [0.717, 1.165) is 0 Å². The van der Waals surface area contributed by atoms with Crippen LogP contribution in [0.5, 0.6) is 5.75 Å². The number of hydrogen-bond acceptors (Lipinski definition) is 3. The second kappa shape index (κ2) is 7.75. The molecule has 0 aliphatic rings. The first kappa shape index (κ1) is 16.3. The first-order chi connectivity index (χ1) is 9.43. The predicted molar refractivity (Wildman–Crippen MR) is 76.1 cm³/mol. The lowest BCUT2D eigenvalue weighted by molar-refractivity contribution is -0.141. The van der Waals surface area contributed by atoms with Crippen molar-refractivity contribution in [1.82, 2.24) is 5.32 Å². The number of carbonyl (C=O) groups excluding carboxylic acids is 1. The molecule has 20 heavy (non-hydrogen) atoms. The van der Waals surface area contributed by atoms with Crippen LogP contribution in [0.2, 0.25) is 5.02 Å². The Labute approximate surface area is 122 Å². The maximum Gasteiger partial charge on any atom is 0.306 e. The van der Waals surface area contributed by atoms with Gasteiger partial charge in [0.15, 0.2) is 0 Å². The number of benzene rings is 1. The summed E-state index contributed by atoms with van der Waals surface area (Å²) >= 11 is 5.89. The van der Waals surface area contributed by atoms with Gasteiger partial charge in [-0.15, -0.1) is 0 Å². The van der Waals surface area contributed by atoms with Crippen LogP contribution in [-0.4, -0.2) is 30.6 Å². The van der Waals surface area contributed by atoms with Crippen molar-refractivity contribution in [2.75, 3.05) is 13.7 Å². The fourth-order valence-corrected chi connectivity index (χ4v) is 1.87. The third-order valence-electron chi connectivity index (χ3n) is 2.91. The maximum atomic E-state index is 11.8. The molecule has 1 rings (SSSR count). The second-order valence-electron chi connectivity index (χ2n) is 4.51. The van der Waals surface area contributed by atoms with E-state index in [1.165, 1.54) is 7.11 Å². The highest BCUT2D eigenvalue weighted by atomic mass is 35.5. The van der Waals surface area contributed by atoms with E-state index in [0.29, 0.717) is 29.3 Å². The lowest BCUT2D eigenvalue weighted by Gasteiger charge is -2.10. The van der Waals surface area contributed by atoms with Gasteiger partial charge in [0.2, 0.25) is 5.91 Å². The van der Waals surface area contributed by atoms with Crippen molar-refractivity contribution >= 4 is 23.5 Å². The van der Waals surface area contributed by atoms with Gasteiger partial charge in [0.05, 0.1) is 19.4 Å². The van der Waals surface area contributed by atoms with Crippen molar-refractivity contribution < 1.29 is 19.4 Å². The lowest BCUT2D eigenvalue weighted by atomic mass is 10.1. The molecule has 1 aromatic rings. The van der Waals surface area contributed by atoms with Gasteiger partial charge in [0.25, 0.3) is 0 Å². The SMILES string of the molecule is COc1ccc(Cl)cc1CC(=O)NCCC(C)C(=O)O. The molecule has 1 unspecified atom stereocenters. The van der Waals surface area contributed by atoms with Crippen molar-refractivity contribution in [1.29, 1.82) is 0 Å². The number of hydrogen-bond donors (Lipinski definition) is 2. The Morgan fingerprint density at radius 1 is 1.45 bits per heavy atom.